The van der Waals surface area contributed by atoms with Gasteiger partial charge in [0.2, 0.25) is 0 Å². The van der Waals surface area contributed by atoms with Gasteiger partial charge in [-0.3, -0.25) is 4.55 Å². The third-order valence-electron chi connectivity index (χ3n) is 3.31. The van der Waals surface area contributed by atoms with Gasteiger partial charge in [0.1, 0.15) is 11.2 Å². The lowest BCUT2D eigenvalue weighted by Gasteiger charge is -2.44. The van der Waals surface area contributed by atoms with E-state index >= 15 is 0 Å². The smallest absolute Gasteiger partial charge is 0.427 e. The molecule has 1 saturated heterocycles. The van der Waals surface area contributed by atoms with Gasteiger partial charge in [0.05, 0.1) is 6.61 Å². The monoisotopic (exact) mass is 399 g/mol. The van der Waals surface area contributed by atoms with E-state index in [0.29, 0.717) is 0 Å². The van der Waals surface area contributed by atoms with Gasteiger partial charge in [0.15, 0.2) is 11.7 Å². The van der Waals surface area contributed by atoms with Gasteiger partial charge in [0, 0.05) is 13.0 Å². The van der Waals surface area contributed by atoms with Crippen LogP contribution in [0.2, 0.25) is 0 Å². The topological polar surface area (TPSA) is 119 Å². The summed E-state index contributed by atoms with van der Waals surface area (Å²) in [4.78, 5) is 25.2. The Labute approximate surface area is 152 Å². The molecule has 2 atom stereocenters. The van der Waals surface area contributed by atoms with Crippen LogP contribution in [0.15, 0.2) is 0 Å². The van der Waals surface area contributed by atoms with Crippen molar-refractivity contribution in [1.82, 2.24) is 4.31 Å². The van der Waals surface area contributed by atoms with E-state index in [1.807, 2.05) is 0 Å². The van der Waals surface area contributed by atoms with Gasteiger partial charge in [-0.25, -0.2) is 14.0 Å². The van der Waals surface area contributed by atoms with Crippen LogP contribution in [0.25, 0.3) is 0 Å². The number of alkyl halides is 1. The Morgan fingerprint density at radius 2 is 1.65 bits per heavy atom. The molecule has 11 heteroatoms. The molecule has 0 radical (unpaired) electrons. The van der Waals surface area contributed by atoms with E-state index in [0.717, 1.165) is 0 Å². The highest BCUT2D eigenvalue weighted by Gasteiger charge is 2.62. The van der Waals surface area contributed by atoms with Gasteiger partial charge in [-0.1, -0.05) is 0 Å². The maximum Gasteiger partial charge on any atom is 0.427 e. The highest BCUT2D eigenvalue weighted by molar-refractivity contribution is 7.84. The van der Waals surface area contributed by atoms with E-state index in [2.05, 4.69) is 0 Å². The summed E-state index contributed by atoms with van der Waals surface area (Å²) in [5.41, 5.74) is -4.89. The maximum atomic E-state index is 14.9. The molecule has 0 bridgehead atoms. The minimum Gasteiger partial charge on any atom is -0.458 e. The van der Waals surface area contributed by atoms with E-state index < -0.39 is 58.3 Å². The van der Waals surface area contributed by atoms with Crippen LogP contribution in [0, 0.1) is 0 Å². The number of rotatable bonds is 3. The number of halogens is 1. The Bertz CT molecular complexity index is 652. The third kappa shape index (κ3) is 5.27. The van der Waals surface area contributed by atoms with Crippen LogP contribution < -0.4 is 0 Å². The molecule has 152 valence electrons. The van der Waals surface area contributed by atoms with Crippen LogP contribution in [-0.2, 0) is 29.3 Å². The molecule has 1 aliphatic rings. The first kappa shape index (κ1) is 22.6. The SMILES string of the molecule is CC(C)(C)OC(=O)N(C1(C(=O)OC(C)(C)C)CCOC[C@H]1F)S(=O)(=O)O. The molecule has 1 rings (SSSR count). The molecular formula is C15H26FNO8S. The molecule has 1 amide bonds. The number of hydrogen-bond acceptors (Lipinski definition) is 7. The Kier molecular flexibility index (Phi) is 6.32. The standard InChI is InChI=1S/C15H26FNO8S/c1-13(2,3)24-11(18)15(7-8-23-9-10(15)16)17(26(20,21)22)12(19)25-14(4,5)6/h10H,7-9H2,1-6H3,(H,20,21,22)/t10-,15?/m1/s1. The average molecular weight is 399 g/mol. The number of carbonyl (C=O) groups excluding carboxylic acids is 2. The van der Waals surface area contributed by atoms with Crippen molar-refractivity contribution in [2.75, 3.05) is 13.2 Å². The van der Waals surface area contributed by atoms with Crippen LogP contribution in [0.1, 0.15) is 48.0 Å². The lowest BCUT2D eigenvalue weighted by Crippen LogP contribution is -2.68. The van der Waals surface area contributed by atoms with Crippen molar-refractivity contribution in [2.45, 2.75) is 70.9 Å². The largest absolute Gasteiger partial charge is 0.458 e. The van der Waals surface area contributed by atoms with Crippen molar-refractivity contribution in [3.8, 4) is 0 Å². The van der Waals surface area contributed by atoms with Crippen molar-refractivity contribution in [1.29, 1.82) is 0 Å². The summed E-state index contributed by atoms with van der Waals surface area (Å²) in [5, 5.41) is 0. The molecule has 1 unspecified atom stereocenters. The minimum absolute atomic E-state index is 0.228. The van der Waals surface area contributed by atoms with Crippen LogP contribution in [0.3, 0.4) is 0 Å². The fourth-order valence-corrected chi connectivity index (χ4v) is 3.30. The van der Waals surface area contributed by atoms with Crippen LogP contribution in [0.5, 0.6) is 0 Å². The van der Waals surface area contributed by atoms with Crippen LogP contribution >= 0.6 is 0 Å². The van der Waals surface area contributed by atoms with Gasteiger partial charge in [-0.05, 0) is 41.5 Å². The van der Waals surface area contributed by atoms with Gasteiger partial charge in [-0.15, -0.1) is 0 Å². The summed E-state index contributed by atoms with van der Waals surface area (Å²) in [5.74, 6) is -1.32. The Hall–Kier alpha value is -1.46. The summed E-state index contributed by atoms with van der Waals surface area (Å²) in [6.45, 7) is 7.95. The van der Waals surface area contributed by atoms with Gasteiger partial charge >= 0.3 is 22.4 Å². The first-order valence-electron chi connectivity index (χ1n) is 7.97. The summed E-state index contributed by atoms with van der Waals surface area (Å²) in [6, 6.07) is 0. The number of esters is 1. The Balaban J connectivity index is 3.53. The minimum atomic E-state index is -5.37. The van der Waals surface area contributed by atoms with Gasteiger partial charge in [0.25, 0.3) is 0 Å². The van der Waals surface area contributed by atoms with E-state index in [9.17, 15) is 27.0 Å². The lowest BCUT2D eigenvalue weighted by molar-refractivity contribution is -0.179. The van der Waals surface area contributed by atoms with E-state index in [-0.39, 0.29) is 10.9 Å². The summed E-state index contributed by atoms with van der Waals surface area (Å²) in [6.07, 6.45) is -4.39. The van der Waals surface area contributed by atoms with Crippen molar-refractivity contribution in [2.24, 2.45) is 0 Å². The van der Waals surface area contributed by atoms with Crippen molar-refractivity contribution in [3.63, 3.8) is 0 Å². The molecule has 9 nitrogen and oxygen atoms in total. The van der Waals surface area contributed by atoms with E-state index in [1.165, 1.54) is 41.5 Å². The fraction of sp³-hybridized carbons (Fsp3) is 0.867. The number of carbonyl (C=O) groups is 2. The first-order chi connectivity index (χ1) is 11.5. The van der Waals surface area contributed by atoms with Gasteiger partial charge in [-0.2, -0.15) is 12.7 Å². The molecule has 1 N–H and O–H groups in total. The average Bonchev–Trinajstić information content (AvgIpc) is 2.35. The second kappa shape index (κ2) is 7.28. The third-order valence-corrected chi connectivity index (χ3v) is 4.25. The van der Waals surface area contributed by atoms with E-state index in [1.54, 1.807) is 0 Å². The normalized spacial score (nSPS) is 24.7. The molecular weight excluding hydrogens is 373 g/mol. The molecule has 0 saturated carbocycles. The zero-order valence-corrected chi connectivity index (χ0v) is 16.6. The summed E-state index contributed by atoms with van der Waals surface area (Å²) in [7, 11) is -5.37. The zero-order valence-electron chi connectivity index (χ0n) is 15.7. The molecule has 26 heavy (non-hydrogen) atoms. The first-order valence-corrected chi connectivity index (χ1v) is 9.36. The number of hydrogen-bond donors (Lipinski definition) is 1. The predicted octanol–water partition coefficient (Wildman–Crippen LogP) is 1.87. The highest BCUT2D eigenvalue weighted by atomic mass is 32.2. The fourth-order valence-electron chi connectivity index (χ4n) is 2.38. The second-order valence-electron chi connectivity index (χ2n) is 7.94. The Morgan fingerprint density at radius 1 is 1.15 bits per heavy atom. The molecule has 0 aromatic rings. The quantitative estimate of drug-likeness (QED) is 0.564. The molecule has 1 heterocycles. The lowest BCUT2D eigenvalue weighted by atomic mass is 9.88. The molecule has 0 aromatic carbocycles. The molecule has 1 fully saturated rings. The zero-order chi connectivity index (χ0) is 20.6. The van der Waals surface area contributed by atoms with Crippen molar-refractivity contribution in [3.05, 3.63) is 0 Å². The number of ether oxygens (including phenoxy) is 3. The number of nitrogens with zero attached hydrogens (tertiary/aromatic N) is 1. The Morgan fingerprint density at radius 3 is 2.04 bits per heavy atom. The van der Waals surface area contributed by atoms with E-state index in [4.69, 9.17) is 14.2 Å². The van der Waals surface area contributed by atoms with Gasteiger partial charge < -0.3 is 14.2 Å². The predicted molar refractivity (Wildman–Crippen MR) is 88.5 cm³/mol. The molecule has 1 aliphatic heterocycles. The second-order valence-corrected chi connectivity index (χ2v) is 9.20. The maximum absolute atomic E-state index is 14.9. The van der Waals surface area contributed by atoms with Crippen LogP contribution in [0.4, 0.5) is 9.18 Å². The molecule has 0 spiro atoms. The summed E-state index contributed by atoms with van der Waals surface area (Å²) < 4.78 is 63.1. The number of amides is 1. The van der Waals surface area contributed by atoms with Crippen LogP contribution in [-0.4, -0.2) is 65.5 Å². The highest BCUT2D eigenvalue weighted by Crippen LogP contribution is 2.36. The van der Waals surface area contributed by atoms with Crippen molar-refractivity contribution >= 4 is 22.4 Å². The van der Waals surface area contributed by atoms with Crippen molar-refractivity contribution < 1.29 is 41.2 Å². The molecule has 0 aliphatic carbocycles. The molecule has 0 aromatic heterocycles. The summed E-state index contributed by atoms with van der Waals surface area (Å²) >= 11 is 0.